The number of hydrogen-bond donors (Lipinski definition) is 1. The number of anilines is 1. The second-order valence-electron chi connectivity index (χ2n) is 5.56. The summed E-state index contributed by atoms with van der Waals surface area (Å²) in [5.41, 5.74) is 1.21. The maximum atomic E-state index is 12.7. The van der Waals surface area contributed by atoms with Crippen molar-refractivity contribution in [1.29, 1.82) is 0 Å². The van der Waals surface area contributed by atoms with Crippen LogP contribution >= 0.6 is 0 Å². The highest BCUT2D eigenvalue weighted by Crippen LogP contribution is 2.25. The van der Waals surface area contributed by atoms with Crippen molar-refractivity contribution in [2.24, 2.45) is 0 Å². The van der Waals surface area contributed by atoms with Crippen molar-refractivity contribution in [2.75, 3.05) is 4.72 Å². The van der Waals surface area contributed by atoms with Crippen LogP contribution in [0.1, 0.15) is 0 Å². The maximum absolute atomic E-state index is 12.7. The van der Waals surface area contributed by atoms with Gasteiger partial charge in [0, 0.05) is 11.3 Å². The third-order valence-electron chi connectivity index (χ3n) is 3.86. The molecule has 0 atom stereocenters. The summed E-state index contributed by atoms with van der Waals surface area (Å²) >= 11 is 0. The molecule has 0 aliphatic heterocycles. The van der Waals surface area contributed by atoms with Crippen LogP contribution in [0.3, 0.4) is 0 Å². The van der Waals surface area contributed by atoms with Crippen LogP contribution in [0, 0.1) is 0 Å². The fourth-order valence-corrected chi connectivity index (χ4v) is 3.73. The number of nitrogens with zero attached hydrogens (tertiary/aromatic N) is 1. The summed E-state index contributed by atoms with van der Waals surface area (Å²) in [6.45, 7) is 0. The van der Waals surface area contributed by atoms with Crippen molar-refractivity contribution < 1.29 is 12.8 Å². The summed E-state index contributed by atoms with van der Waals surface area (Å²) in [4.78, 5) is 4.09. The minimum absolute atomic E-state index is 0.219. The quantitative estimate of drug-likeness (QED) is 0.596. The van der Waals surface area contributed by atoms with E-state index in [2.05, 4.69) is 9.71 Å². The van der Waals surface area contributed by atoms with Crippen molar-refractivity contribution in [2.45, 2.75) is 4.90 Å². The van der Waals surface area contributed by atoms with Gasteiger partial charge in [-0.15, -0.1) is 0 Å². The Hall–Kier alpha value is -3.12. The van der Waals surface area contributed by atoms with E-state index in [4.69, 9.17) is 4.42 Å². The van der Waals surface area contributed by atoms with Gasteiger partial charge in [-0.2, -0.15) is 0 Å². The zero-order valence-corrected chi connectivity index (χ0v) is 13.9. The highest BCUT2D eigenvalue weighted by molar-refractivity contribution is 7.92. The molecule has 0 bridgehead atoms. The summed E-state index contributed by atoms with van der Waals surface area (Å²) in [5.74, 6) is 0.576. The average molecular weight is 350 g/mol. The van der Waals surface area contributed by atoms with Crippen molar-refractivity contribution >= 4 is 26.5 Å². The Bertz CT molecular complexity index is 1140. The predicted octanol–water partition coefficient (Wildman–Crippen LogP) is 4.30. The standard InChI is InChI=1S/C19H14N2O3S/c22-25(23,18-9-8-14-4-1-2-5-15(14)11-18)21-17-7-3-6-16(10-17)19-12-20-13-24-19/h1-13,21H. The molecule has 6 heteroatoms. The second kappa shape index (κ2) is 6.07. The van der Waals surface area contributed by atoms with Gasteiger partial charge in [-0.1, -0.05) is 42.5 Å². The van der Waals surface area contributed by atoms with Gasteiger partial charge in [0.15, 0.2) is 12.2 Å². The minimum atomic E-state index is -3.69. The number of benzene rings is 3. The van der Waals surface area contributed by atoms with Crippen molar-refractivity contribution in [3.63, 3.8) is 0 Å². The molecule has 0 aliphatic carbocycles. The fraction of sp³-hybridized carbons (Fsp3) is 0. The lowest BCUT2D eigenvalue weighted by Crippen LogP contribution is -2.12. The Labute approximate surface area is 145 Å². The van der Waals surface area contributed by atoms with Gasteiger partial charge in [0.05, 0.1) is 11.1 Å². The van der Waals surface area contributed by atoms with Gasteiger partial charge in [0.2, 0.25) is 0 Å². The minimum Gasteiger partial charge on any atom is -0.444 e. The SMILES string of the molecule is O=S(=O)(Nc1cccc(-c2cnco2)c1)c1ccc2ccccc2c1. The highest BCUT2D eigenvalue weighted by Gasteiger charge is 2.15. The maximum Gasteiger partial charge on any atom is 0.261 e. The van der Waals surface area contributed by atoms with Gasteiger partial charge < -0.3 is 4.42 Å². The number of rotatable bonds is 4. The molecule has 4 aromatic rings. The average Bonchev–Trinajstić information content (AvgIpc) is 3.16. The van der Waals surface area contributed by atoms with Crippen molar-refractivity contribution in [3.05, 3.63) is 79.3 Å². The Morgan fingerprint density at radius 1 is 0.880 bits per heavy atom. The molecule has 25 heavy (non-hydrogen) atoms. The number of sulfonamides is 1. The Morgan fingerprint density at radius 2 is 1.72 bits per heavy atom. The van der Waals surface area contributed by atoms with E-state index in [-0.39, 0.29) is 4.90 Å². The van der Waals surface area contributed by atoms with Crippen molar-refractivity contribution in [1.82, 2.24) is 4.98 Å². The van der Waals surface area contributed by atoms with Gasteiger partial charge in [-0.3, -0.25) is 4.72 Å². The fourth-order valence-electron chi connectivity index (χ4n) is 2.64. The molecule has 0 unspecified atom stereocenters. The molecule has 0 amide bonds. The van der Waals surface area contributed by atoms with E-state index in [0.717, 1.165) is 16.3 Å². The molecule has 0 fully saturated rings. The summed E-state index contributed by atoms with van der Waals surface area (Å²) in [5, 5.41) is 1.87. The Morgan fingerprint density at radius 3 is 2.52 bits per heavy atom. The molecule has 0 saturated carbocycles. The van der Waals surface area contributed by atoms with Gasteiger partial charge >= 0.3 is 0 Å². The normalized spacial score (nSPS) is 11.5. The predicted molar refractivity (Wildman–Crippen MR) is 96.7 cm³/mol. The zero-order chi connectivity index (χ0) is 17.3. The summed E-state index contributed by atoms with van der Waals surface area (Å²) in [6, 6.07) is 19.7. The molecule has 0 spiro atoms. The Kier molecular flexibility index (Phi) is 3.74. The molecule has 0 saturated heterocycles. The van der Waals surface area contributed by atoms with E-state index >= 15 is 0 Å². The van der Waals surface area contributed by atoms with Crippen LogP contribution in [0.2, 0.25) is 0 Å². The first-order chi connectivity index (χ1) is 12.1. The molecule has 1 heterocycles. The molecule has 124 valence electrons. The molecule has 5 nitrogen and oxygen atoms in total. The van der Waals surface area contributed by atoms with Crippen LogP contribution in [0.4, 0.5) is 5.69 Å². The summed E-state index contributed by atoms with van der Waals surface area (Å²) in [6.07, 6.45) is 2.91. The van der Waals surface area contributed by atoms with Gasteiger partial charge in [-0.05, 0) is 35.0 Å². The molecule has 1 N–H and O–H groups in total. The lowest BCUT2D eigenvalue weighted by Gasteiger charge is -2.10. The number of nitrogens with one attached hydrogen (secondary N) is 1. The zero-order valence-electron chi connectivity index (χ0n) is 13.1. The number of hydrogen-bond acceptors (Lipinski definition) is 4. The number of aromatic nitrogens is 1. The first kappa shape index (κ1) is 15.4. The van der Waals surface area contributed by atoms with E-state index in [1.54, 1.807) is 42.6 Å². The lowest BCUT2D eigenvalue weighted by atomic mass is 10.1. The van der Waals surface area contributed by atoms with Crippen LogP contribution in [0.5, 0.6) is 0 Å². The number of fused-ring (bicyclic) bond motifs is 1. The van der Waals surface area contributed by atoms with Gasteiger partial charge in [0.25, 0.3) is 10.0 Å². The van der Waals surface area contributed by atoms with Crippen LogP contribution in [0.25, 0.3) is 22.1 Å². The first-order valence-corrected chi connectivity index (χ1v) is 9.11. The topological polar surface area (TPSA) is 72.2 Å². The number of oxazole rings is 1. The molecule has 4 rings (SSSR count). The van der Waals surface area contributed by atoms with E-state index in [1.807, 2.05) is 30.3 Å². The molecule has 0 aliphatic rings. The van der Waals surface area contributed by atoms with E-state index < -0.39 is 10.0 Å². The molecular formula is C19H14N2O3S. The monoisotopic (exact) mass is 350 g/mol. The largest absolute Gasteiger partial charge is 0.444 e. The van der Waals surface area contributed by atoms with E-state index in [0.29, 0.717) is 11.4 Å². The van der Waals surface area contributed by atoms with Gasteiger partial charge in [-0.25, -0.2) is 13.4 Å². The van der Waals surface area contributed by atoms with Crippen molar-refractivity contribution in [3.8, 4) is 11.3 Å². The van der Waals surface area contributed by atoms with E-state index in [1.165, 1.54) is 6.39 Å². The third kappa shape index (κ3) is 3.12. The van der Waals surface area contributed by atoms with Crippen LogP contribution in [0.15, 0.2) is 88.6 Å². The molecular weight excluding hydrogens is 336 g/mol. The molecule has 0 radical (unpaired) electrons. The molecule has 3 aromatic carbocycles. The third-order valence-corrected chi connectivity index (χ3v) is 5.24. The van der Waals surface area contributed by atoms with Gasteiger partial charge in [0.1, 0.15) is 0 Å². The first-order valence-electron chi connectivity index (χ1n) is 7.62. The van der Waals surface area contributed by atoms with E-state index in [9.17, 15) is 8.42 Å². The van der Waals surface area contributed by atoms with Crippen LogP contribution in [-0.4, -0.2) is 13.4 Å². The highest BCUT2D eigenvalue weighted by atomic mass is 32.2. The lowest BCUT2D eigenvalue weighted by molar-refractivity contribution is 0.572. The Balaban J connectivity index is 1.68. The smallest absolute Gasteiger partial charge is 0.261 e. The summed E-state index contributed by atoms with van der Waals surface area (Å²) < 4.78 is 33.3. The molecule has 1 aromatic heterocycles. The second-order valence-corrected chi connectivity index (χ2v) is 7.24. The van der Waals surface area contributed by atoms with Crippen LogP contribution < -0.4 is 4.72 Å². The van der Waals surface area contributed by atoms with Crippen LogP contribution in [-0.2, 0) is 10.0 Å². The summed E-state index contributed by atoms with van der Waals surface area (Å²) in [7, 11) is -3.69.